The van der Waals surface area contributed by atoms with Gasteiger partial charge in [0.1, 0.15) is 11.9 Å². The molecule has 0 bridgehead atoms. The first-order valence-corrected chi connectivity index (χ1v) is 9.09. The van der Waals surface area contributed by atoms with Crippen LogP contribution in [0.5, 0.6) is 11.5 Å². The largest absolute Gasteiger partial charge is 0.493 e. The first kappa shape index (κ1) is 18.1. The quantitative estimate of drug-likeness (QED) is 0.666. The number of nitrogens with one attached hydrogen (secondary N) is 1. The maximum absolute atomic E-state index is 5.43. The molecule has 0 spiro atoms. The van der Waals surface area contributed by atoms with E-state index >= 15 is 0 Å². The van der Waals surface area contributed by atoms with Crippen molar-refractivity contribution in [3.63, 3.8) is 0 Å². The van der Waals surface area contributed by atoms with E-state index < -0.39 is 0 Å². The van der Waals surface area contributed by atoms with Crippen molar-refractivity contribution >= 4 is 30.2 Å². The van der Waals surface area contributed by atoms with Gasteiger partial charge in [-0.1, -0.05) is 0 Å². The number of fused-ring (bicyclic) bond motifs is 1. The van der Waals surface area contributed by atoms with E-state index in [1.165, 1.54) is 0 Å². The number of oxime groups is 1. The Morgan fingerprint density at radius 1 is 1.18 bits per heavy atom. The highest BCUT2D eigenvalue weighted by Crippen LogP contribution is 2.33. The summed E-state index contributed by atoms with van der Waals surface area (Å²) in [6, 6.07) is 11.6. The van der Waals surface area contributed by atoms with Crippen LogP contribution in [0, 0.1) is 0 Å². The molecule has 0 aliphatic carbocycles. The minimum absolute atomic E-state index is 0.0123. The summed E-state index contributed by atoms with van der Waals surface area (Å²) >= 11 is 0. The van der Waals surface area contributed by atoms with E-state index in [-0.39, 0.29) is 6.10 Å². The smallest absolute Gasteiger partial charge is 0.163 e. The SMILES string of the molecule is BC1=NOC(CNc2nc(-c3ccc(OC)c(OC)c3)cc3ncccc23)C1. The molecule has 7 nitrogen and oxygen atoms in total. The molecule has 3 aromatic rings. The van der Waals surface area contributed by atoms with Crippen LogP contribution in [-0.2, 0) is 4.84 Å². The fraction of sp³-hybridized carbons (Fsp3) is 0.250. The van der Waals surface area contributed by atoms with Gasteiger partial charge in [-0.15, -0.1) is 5.16 Å². The molecule has 1 unspecified atom stereocenters. The van der Waals surface area contributed by atoms with Crippen molar-refractivity contribution in [1.29, 1.82) is 0 Å². The normalized spacial score (nSPS) is 15.8. The van der Waals surface area contributed by atoms with E-state index in [2.05, 4.69) is 15.5 Å². The van der Waals surface area contributed by atoms with E-state index in [4.69, 9.17) is 19.3 Å². The van der Waals surface area contributed by atoms with Gasteiger partial charge >= 0.3 is 0 Å². The summed E-state index contributed by atoms with van der Waals surface area (Å²) in [7, 11) is 5.21. The zero-order valence-electron chi connectivity index (χ0n) is 16.1. The standard InChI is InChI=1S/C20H21BN4O3/c1-26-17-6-5-12(8-18(17)27-2)15-10-16-14(4-3-7-22-16)20(24-15)23-11-13-9-19(21)25-28-13/h3-8,10,13H,9,11,21H2,1-2H3,(H,23,24). The number of hydrogen-bond donors (Lipinski definition) is 1. The summed E-state index contributed by atoms with van der Waals surface area (Å²) in [6.45, 7) is 0.618. The molecule has 0 fully saturated rings. The van der Waals surface area contributed by atoms with Gasteiger partial charge in [0.05, 0.1) is 32.0 Å². The van der Waals surface area contributed by atoms with Gasteiger partial charge in [-0.05, 0) is 36.4 Å². The van der Waals surface area contributed by atoms with E-state index in [9.17, 15) is 0 Å². The summed E-state index contributed by atoms with van der Waals surface area (Å²) in [5.74, 6) is 2.10. The van der Waals surface area contributed by atoms with Crippen LogP contribution in [-0.4, -0.2) is 50.3 Å². The lowest BCUT2D eigenvalue weighted by atomic mass is 9.96. The van der Waals surface area contributed by atoms with Crippen LogP contribution in [0.4, 0.5) is 5.82 Å². The monoisotopic (exact) mass is 376 g/mol. The summed E-state index contributed by atoms with van der Waals surface area (Å²) in [5.41, 5.74) is 3.59. The Labute approximate surface area is 164 Å². The number of rotatable bonds is 6. The lowest BCUT2D eigenvalue weighted by Gasteiger charge is -2.14. The molecular formula is C20H21BN4O3. The van der Waals surface area contributed by atoms with Gasteiger partial charge in [0.15, 0.2) is 19.3 Å². The lowest BCUT2D eigenvalue weighted by Crippen LogP contribution is -2.20. The predicted octanol–water partition coefficient (Wildman–Crippen LogP) is 2.46. The molecule has 1 aliphatic rings. The second-order valence-corrected chi connectivity index (χ2v) is 6.63. The van der Waals surface area contributed by atoms with Crippen LogP contribution in [0.25, 0.3) is 22.2 Å². The third kappa shape index (κ3) is 3.58. The molecule has 1 atom stereocenters. The maximum atomic E-state index is 5.43. The Bertz CT molecular complexity index is 1040. The molecule has 1 aliphatic heterocycles. The molecule has 28 heavy (non-hydrogen) atoms. The number of benzene rings is 1. The topological polar surface area (TPSA) is 77.9 Å². The molecule has 1 N–H and O–H groups in total. The minimum atomic E-state index is 0.0123. The summed E-state index contributed by atoms with van der Waals surface area (Å²) < 4.78 is 10.8. The van der Waals surface area contributed by atoms with Crippen LogP contribution >= 0.6 is 0 Å². The highest BCUT2D eigenvalue weighted by molar-refractivity contribution is 6.59. The molecule has 2 aromatic heterocycles. The molecule has 0 radical (unpaired) electrons. The van der Waals surface area contributed by atoms with E-state index in [0.717, 1.165) is 40.0 Å². The van der Waals surface area contributed by atoms with Crippen molar-refractivity contribution < 1.29 is 14.3 Å². The average molecular weight is 376 g/mol. The number of pyridine rings is 2. The zero-order chi connectivity index (χ0) is 19.5. The number of hydrogen-bond acceptors (Lipinski definition) is 7. The summed E-state index contributed by atoms with van der Waals surface area (Å²) in [5, 5.41) is 8.38. The van der Waals surface area contributed by atoms with Crippen molar-refractivity contribution in [3.8, 4) is 22.8 Å². The van der Waals surface area contributed by atoms with E-state index in [0.29, 0.717) is 18.0 Å². The summed E-state index contributed by atoms with van der Waals surface area (Å²) in [4.78, 5) is 14.8. The zero-order valence-corrected chi connectivity index (χ0v) is 16.1. The first-order chi connectivity index (χ1) is 13.7. The van der Waals surface area contributed by atoms with Crippen molar-refractivity contribution in [2.45, 2.75) is 12.5 Å². The Hall–Kier alpha value is -3.29. The van der Waals surface area contributed by atoms with Crippen LogP contribution in [0.1, 0.15) is 6.42 Å². The fourth-order valence-electron chi connectivity index (χ4n) is 3.24. The number of nitrogens with zero attached hydrogens (tertiary/aromatic N) is 3. The third-order valence-corrected chi connectivity index (χ3v) is 4.66. The van der Waals surface area contributed by atoms with Crippen molar-refractivity contribution in [3.05, 3.63) is 42.6 Å². The van der Waals surface area contributed by atoms with E-state index in [1.807, 2.05) is 44.2 Å². The van der Waals surface area contributed by atoms with Gasteiger partial charge in [-0.3, -0.25) is 4.98 Å². The molecular weight excluding hydrogens is 355 g/mol. The Morgan fingerprint density at radius 2 is 2.04 bits per heavy atom. The molecule has 0 saturated carbocycles. The lowest BCUT2D eigenvalue weighted by molar-refractivity contribution is 0.0949. The number of aromatic nitrogens is 2. The highest BCUT2D eigenvalue weighted by atomic mass is 16.6. The fourth-order valence-corrected chi connectivity index (χ4v) is 3.24. The molecule has 1 aromatic carbocycles. The van der Waals surface area contributed by atoms with Crippen LogP contribution in [0.2, 0.25) is 0 Å². The Kier molecular flexibility index (Phi) is 5.01. The van der Waals surface area contributed by atoms with Gasteiger partial charge in [-0.2, -0.15) is 0 Å². The van der Waals surface area contributed by atoms with Crippen molar-refractivity contribution in [2.75, 3.05) is 26.1 Å². The van der Waals surface area contributed by atoms with Crippen LogP contribution in [0.3, 0.4) is 0 Å². The second-order valence-electron chi connectivity index (χ2n) is 6.63. The third-order valence-electron chi connectivity index (χ3n) is 4.66. The number of ether oxygens (including phenoxy) is 2. The molecule has 8 heteroatoms. The van der Waals surface area contributed by atoms with Crippen molar-refractivity contribution in [2.24, 2.45) is 5.16 Å². The van der Waals surface area contributed by atoms with E-state index in [1.54, 1.807) is 20.4 Å². The molecule has 142 valence electrons. The Balaban J connectivity index is 1.69. The predicted molar refractivity (Wildman–Crippen MR) is 112 cm³/mol. The minimum Gasteiger partial charge on any atom is -0.493 e. The van der Waals surface area contributed by atoms with Crippen LogP contribution < -0.4 is 14.8 Å². The number of anilines is 1. The van der Waals surface area contributed by atoms with Gasteiger partial charge in [0, 0.05) is 29.2 Å². The molecule has 4 rings (SSSR count). The van der Waals surface area contributed by atoms with Gasteiger partial charge < -0.3 is 19.6 Å². The van der Waals surface area contributed by atoms with Gasteiger partial charge in [-0.25, -0.2) is 4.98 Å². The first-order valence-electron chi connectivity index (χ1n) is 9.09. The molecule has 0 amide bonds. The maximum Gasteiger partial charge on any atom is 0.163 e. The molecule has 3 heterocycles. The average Bonchev–Trinajstić information content (AvgIpc) is 3.16. The van der Waals surface area contributed by atoms with Crippen LogP contribution in [0.15, 0.2) is 47.8 Å². The summed E-state index contributed by atoms with van der Waals surface area (Å²) in [6.07, 6.45) is 2.61. The second kappa shape index (κ2) is 7.76. The molecule has 0 saturated heterocycles. The Morgan fingerprint density at radius 3 is 2.79 bits per heavy atom. The van der Waals surface area contributed by atoms with Gasteiger partial charge in [0.25, 0.3) is 0 Å². The number of methoxy groups -OCH3 is 2. The van der Waals surface area contributed by atoms with Crippen molar-refractivity contribution in [1.82, 2.24) is 9.97 Å². The van der Waals surface area contributed by atoms with Gasteiger partial charge in [0.2, 0.25) is 0 Å². The highest BCUT2D eigenvalue weighted by Gasteiger charge is 2.18.